The fourth-order valence-electron chi connectivity index (χ4n) is 2.06. The van der Waals surface area contributed by atoms with Crippen LogP contribution in [0.15, 0.2) is 36.7 Å². The number of rotatable bonds is 5. The molecule has 0 spiro atoms. The summed E-state index contributed by atoms with van der Waals surface area (Å²) in [5.74, 6) is 0.153. The number of nitrogens with zero attached hydrogens (tertiary/aromatic N) is 1. The topological polar surface area (TPSA) is 56.0 Å². The Bertz CT molecular complexity index is 544. The van der Waals surface area contributed by atoms with Gasteiger partial charge in [-0.1, -0.05) is 24.3 Å². The lowest BCUT2D eigenvalue weighted by molar-refractivity contribution is 0.0980. The number of ketones is 1. The van der Waals surface area contributed by atoms with E-state index in [4.69, 9.17) is 5.73 Å². The fraction of sp³-hybridized carbons (Fsp3) is 0.333. The van der Waals surface area contributed by atoms with Crippen LogP contribution >= 0.6 is 0 Å². The van der Waals surface area contributed by atoms with Crippen LogP contribution in [0.3, 0.4) is 0 Å². The molecule has 0 aliphatic rings. The molecule has 1 aromatic heterocycles. The lowest BCUT2D eigenvalue weighted by atomic mass is 10.0. The summed E-state index contributed by atoms with van der Waals surface area (Å²) >= 11 is 0. The van der Waals surface area contributed by atoms with Crippen molar-refractivity contribution in [2.24, 2.45) is 5.73 Å². The van der Waals surface area contributed by atoms with Gasteiger partial charge in [0.2, 0.25) is 0 Å². The molecule has 0 radical (unpaired) electrons. The predicted octanol–water partition coefficient (Wildman–Crippen LogP) is 2.94. The molecular weight excluding hydrogens is 224 g/mol. The molecule has 2 aromatic rings. The standard InChI is InChI=1S/C15H18N2O/c1-11(16)5-4-8-15(18)14-10-17-9-12-6-2-3-7-13(12)14/h2-3,6-7,9-11H,4-5,8,16H2,1H3. The Kier molecular flexibility index (Phi) is 4.05. The number of aromatic nitrogens is 1. The normalized spacial score (nSPS) is 12.6. The number of benzene rings is 1. The summed E-state index contributed by atoms with van der Waals surface area (Å²) in [4.78, 5) is 16.3. The van der Waals surface area contributed by atoms with Gasteiger partial charge in [-0.15, -0.1) is 0 Å². The molecule has 2 rings (SSSR count). The Labute approximate surface area is 107 Å². The average Bonchev–Trinajstić information content (AvgIpc) is 2.37. The third kappa shape index (κ3) is 2.93. The molecule has 18 heavy (non-hydrogen) atoms. The summed E-state index contributed by atoms with van der Waals surface area (Å²) in [5, 5.41) is 1.99. The number of Topliss-reactive ketones (excluding diaryl/α,β-unsaturated/α-hetero) is 1. The highest BCUT2D eigenvalue weighted by Crippen LogP contribution is 2.19. The first-order chi connectivity index (χ1) is 8.68. The maximum Gasteiger partial charge on any atom is 0.165 e. The molecule has 2 N–H and O–H groups in total. The van der Waals surface area contributed by atoms with E-state index in [1.54, 1.807) is 12.4 Å². The van der Waals surface area contributed by atoms with Gasteiger partial charge in [0, 0.05) is 35.8 Å². The zero-order valence-electron chi connectivity index (χ0n) is 10.6. The average molecular weight is 242 g/mol. The van der Waals surface area contributed by atoms with Gasteiger partial charge in [-0.3, -0.25) is 9.78 Å². The highest BCUT2D eigenvalue weighted by Gasteiger charge is 2.10. The Hall–Kier alpha value is -1.74. The van der Waals surface area contributed by atoms with E-state index in [9.17, 15) is 4.79 Å². The summed E-state index contributed by atoms with van der Waals surface area (Å²) in [6.07, 6.45) is 5.70. The molecular formula is C15H18N2O. The molecule has 1 atom stereocenters. The zero-order chi connectivity index (χ0) is 13.0. The lowest BCUT2D eigenvalue weighted by Crippen LogP contribution is -2.14. The highest BCUT2D eigenvalue weighted by atomic mass is 16.1. The predicted molar refractivity (Wildman–Crippen MR) is 73.6 cm³/mol. The van der Waals surface area contributed by atoms with Crippen LogP contribution in [0.5, 0.6) is 0 Å². The van der Waals surface area contributed by atoms with Crippen molar-refractivity contribution in [1.82, 2.24) is 4.98 Å². The van der Waals surface area contributed by atoms with E-state index in [1.165, 1.54) is 0 Å². The van der Waals surface area contributed by atoms with Crippen molar-refractivity contribution in [3.8, 4) is 0 Å². The molecule has 0 aliphatic heterocycles. The van der Waals surface area contributed by atoms with Crippen molar-refractivity contribution in [2.75, 3.05) is 0 Å². The number of pyridine rings is 1. The molecule has 0 saturated carbocycles. The van der Waals surface area contributed by atoms with Gasteiger partial charge in [-0.05, 0) is 25.2 Å². The van der Waals surface area contributed by atoms with Crippen LogP contribution in [-0.2, 0) is 0 Å². The van der Waals surface area contributed by atoms with Crippen LogP contribution < -0.4 is 5.73 Å². The van der Waals surface area contributed by atoms with Crippen molar-refractivity contribution < 1.29 is 4.79 Å². The largest absolute Gasteiger partial charge is 0.328 e. The van der Waals surface area contributed by atoms with Crippen molar-refractivity contribution in [2.45, 2.75) is 32.2 Å². The monoisotopic (exact) mass is 242 g/mol. The fourth-order valence-corrected chi connectivity index (χ4v) is 2.06. The van der Waals surface area contributed by atoms with Crippen LogP contribution in [0.4, 0.5) is 0 Å². The van der Waals surface area contributed by atoms with Gasteiger partial charge in [-0.25, -0.2) is 0 Å². The van der Waals surface area contributed by atoms with Crippen molar-refractivity contribution in [3.05, 3.63) is 42.2 Å². The number of carbonyl (C=O) groups excluding carboxylic acids is 1. The van der Waals surface area contributed by atoms with E-state index in [-0.39, 0.29) is 11.8 Å². The molecule has 1 aromatic carbocycles. The van der Waals surface area contributed by atoms with Crippen molar-refractivity contribution in [1.29, 1.82) is 0 Å². The maximum absolute atomic E-state index is 12.2. The first-order valence-electron chi connectivity index (χ1n) is 6.30. The van der Waals surface area contributed by atoms with E-state index in [1.807, 2.05) is 31.2 Å². The number of nitrogens with two attached hydrogens (primary N) is 1. The molecule has 3 heteroatoms. The molecule has 94 valence electrons. The molecule has 3 nitrogen and oxygen atoms in total. The van der Waals surface area contributed by atoms with Gasteiger partial charge in [0.15, 0.2) is 5.78 Å². The van der Waals surface area contributed by atoms with Crippen molar-refractivity contribution >= 4 is 16.6 Å². The number of carbonyl (C=O) groups is 1. The maximum atomic E-state index is 12.2. The highest BCUT2D eigenvalue weighted by molar-refractivity contribution is 6.07. The summed E-state index contributed by atoms with van der Waals surface area (Å²) in [6, 6.07) is 8.00. The molecule has 0 aliphatic carbocycles. The van der Waals surface area contributed by atoms with E-state index in [0.717, 1.165) is 29.2 Å². The Morgan fingerprint density at radius 1 is 1.33 bits per heavy atom. The number of hydrogen-bond acceptors (Lipinski definition) is 3. The Balaban J connectivity index is 2.17. The van der Waals surface area contributed by atoms with E-state index < -0.39 is 0 Å². The van der Waals surface area contributed by atoms with Gasteiger partial charge < -0.3 is 5.73 Å². The molecule has 0 fully saturated rings. The van der Waals surface area contributed by atoms with Crippen LogP contribution in [0, 0.1) is 0 Å². The Morgan fingerprint density at radius 3 is 2.89 bits per heavy atom. The van der Waals surface area contributed by atoms with Gasteiger partial charge in [0.25, 0.3) is 0 Å². The minimum Gasteiger partial charge on any atom is -0.328 e. The second-order valence-electron chi connectivity index (χ2n) is 4.70. The first kappa shape index (κ1) is 12.7. The number of hydrogen-bond donors (Lipinski definition) is 1. The van der Waals surface area contributed by atoms with E-state index in [0.29, 0.717) is 6.42 Å². The summed E-state index contributed by atoms with van der Waals surface area (Å²) < 4.78 is 0. The van der Waals surface area contributed by atoms with E-state index >= 15 is 0 Å². The van der Waals surface area contributed by atoms with E-state index in [2.05, 4.69) is 4.98 Å². The second kappa shape index (κ2) is 5.74. The third-order valence-electron chi connectivity index (χ3n) is 3.03. The van der Waals surface area contributed by atoms with Crippen LogP contribution in [0.25, 0.3) is 10.8 Å². The summed E-state index contributed by atoms with van der Waals surface area (Å²) in [5.41, 5.74) is 6.40. The minimum atomic E-state index is 0.153. The van der Waals surface area contributed by atoms with Crippen LogP contribution in [-0.4, -0.2) is 16.8 Å². The molecule has 1 heterocycles. The van der Waals surface area contributed by atoms with Crippen LogP contribution in [0.1, 0.15) is 36.5 Å². The Morgan fingerprint density at radius 2 is 2.11 bits per heavy atom. The summed E-state index contributed by atoms with van der Waals surface area (Å²) in [6.45, 7) is 1.96. The molecule has 1 unspecified atom stereocenters. The second-order valence-corrected chi connectivity index (χ2v) is 4.70. The smallest absolute Gasteiger partial charge is 0.165 e. The van der Waals surface area contributed by atoms with Gasteiger partial charge in [-0.2, -0.15) is 0 Å². The molecule has 0 saturated heterocycles. The SMILES string of the molecule is CC(N)CCCC(=O)c1cncc2ccccc12. The van der Waals surface area contributed by atoms with Crippen LogP contribution in [0.2, 0.25) is 0 Å². The van der Waals surface area contributed by atoms with Gasteiger partial charge in [0.05, 0.1) is 0 Å². The minimum absolute atomic E-state index is 0.153. The molecule has 0 amide bonds. The van der Waals surface area contributed by atoms with Gasteiger partial charge in [0.1, 0.15) is 0 Å². The summed E-state index contributed by atoms with van der Waals surface area (Å²) in [7, 11) is 0. The molecule has 0 bridgehead atoms. The zero-order valence-corrected chi connectivity index (χ0v) is 10.6. The third-order valence-corrected chi connectivity index (χ3v) is 3.03. The quantitative estimate of drug-likeness (QED) is 0.820. The number of fused-ring (bicyclic) bond motifs is 1. The van der Waals surface area contributed by atoms with Crippen molar-refractivity contribution in [3.63, 3.8) is 0 Å². The van der Waals surface area contributed by atoms with Gasteiger partial charge >= 0.3 is 0 Å². The first-order valence-corrected chi connectivity index (χ1v) is 6.30. The lowest BCUT2D eigenvalue weighted by Gasteiger charge is -2.06.